The highest BCUT2D eigenvalue weighted by Crippen LogP contribution is 2.09. The molecule has 2 aromatic rings. The quantitative estimate of drug-likeness (QED) is 0.791. The summed E-state index contributed by atoms with van der Waals surface area (Å²) >= 11 is 1.60. The van der Waals surface area contributed by atoms with Gasteiger partial charge >= 0.3 is 0 Å². The molecule has 5 heteroatoms. The molecule has 0 unspecified atom stereocenters. The fraction of sp³-hybridized carbons (Fsp3) is 0.0909. The number of carbonyl (C=O) groups excluding carboxylic acids is 1. The topological polar surface area (TPSA) is 57.8 Å². The Kier molecular flexibility index (Phi) is 3.50. The maximum absolute atomic E-state index is 11.4. The van der Waals surface area contributed by atoms with E-state index in [2.05, 4.69) is 15.3 Å². The summed E-state index contributed by atoms with van der Waals surface area (Å²) in [4.78, 5) is 19.4. The van der Waals surface area contributed by atoms with Crippen LogP contribution in [0.1, 0.15) is 10.7 Å². The predicted octanol–water partition coefficient (Wildman–Crippen LogP) is 1.80. The number of hydrogen-bond donors (Lipinski definition) is 2. The summed E-state index contributed by atoms with van der Waals surface area (Å²) in [5.41, 5.74) is 0. The van der Waals surface area contributed by atoms with Gasteiger partial charge in [0.25, 0.3) is 0 Å². The Morgan fingerprint density at radius 3 is 3.25 bits per heavy atom. The highest BCUT2D eigenvalue weighted by Gasteiger charge is 1.97. The fourth-order valence-corrected chi connectivity index (χ4v) is 1.79. The van der Waals surface area contributed by atoms with E-state index in [9.17, 15) is 4.79 Å². The second kappa shape index (κ2) is 5.27. The lowest BCUT2D eigenvalue weighted by molar-refractivity contribution is -0.116. The minimum atomic E-state index is -0.121. The number of hydrogen-bond acceptors (Lipinski definition) is 3. The van der Waals surface area contributed by atoms with Gasteiger partial charge < -0.3 is 10.3 Å². The minimum Gasteiger partial charge on any atom is -0.347 e. The van der Waals surface area contributed by atoms with Crippen molar-refractivity contribution in [2.45, 2.75) is 6.54 Å². The van der Waals surface area contributed by atoms with Crippen LogP contribution in [0.2, 0.25) is 0 Å². The molecule has 0 fully saturated rings. The third-order valence-corrected chi connectivity index (χ3v) is 2.76. The molecule has 2 rings (SSSR count). The van der Waals surface area contributed by atoms with Gasteiger partial charge in [0.15, 0.2) is 0 Å². The number of nitrogens with zero attached hydrogens (tertiary/aromatic N) is 1. The monoisotopic (exact) mass is 233 g/mol. The summed E-state index contributed by atoms with van der Waals surface area (Å²) in [5.74, 6) is 0.627. The van der Waals surface area contributed by atoms with Crippen molar-refractivity contribution in [1.82, 2.24) is 15.3 Å². The van der Waals surface area contributed by atoms with Crippen LogP contribution < -0.4 is 5.32 Å². The summed E-state index contributed by atoms with van der Waals surface area (Å²) in [6.07, 6.45) is 6.70. The average molecular weight is 233 g/mol. The van der Waals surface area contributed by atoms with Gasteiger partial charge in [-0.15, -0.1) is 11.3 Å². The maximum atomic E-state index is 11.4. The lowest BCUT2D eigenvalue weighted by Crippen LogP contribution is -2.20. The summed E-state index contributed by atoms with van der Waals surface area (Å²) in [5, 5.41) is 4.71. The molecule has 2 heterocycles. The summed E-state index contributed by atoms with van der Waals surface area (Å²) < 4.78 is 0. The van der Waals surface area contributed by atoms with Crippen molar-refractivity contribution in [3.05, 3.63) is 46.7 Å². The molecule has 2 N–H and O–H groups in total. The van der Waals surface area contributed by atoms with Gasteiger partial charge in [0.05, 0.1) is 6.54 Å². The molecule has 0 saturated heterocycles. The first kappa shape index (κ1) is 10.6. The molecule has 0 aromatic carbocycles. The first-order chi connectivity index (χ1) is 7.84. The van der Waals surface area contributed by atoms with E-state index in [4.69, 9.17) is 0 Å². The Labute approximate surface area is 97.0 Å². The SMILES string of the molecule is O=C(C=Cc1cccs1)NCc1ncc[nH]1. The highest BCUT2D eigenvalue weighted by molar-refractivity contribution is 7.10. The largest absolute Gasteiger partial charge is 0.347 e. The Morgan fingerprint density at radius 1 is 1.62 bits per heavy atom. The zero-order chi connectivity index (χ0) is 11.2. The van der Waals surface area contributed by atoms with Crippen LogP contribution in [0.5, 0.6) is 0 Å². The third kappa shape index (κ3) is 3.06. The van der Waals surface area contributed by atoms with Crippen LogP contribution in [0.4, 0.5) is 0 Å². The second-order valence-electron chi connectivity index (χ2n) is 3.10. The summed E-state index contributed by atoms with van der Waals surface area (Å²) in [6.45, 7) is 0.417. The average Bonchev–Trinajstić information content (AvgIpc) is 2.96. The number of aromatic nitrogens is 2. The number of amides is 1. The van der Waals surface area contributed by atoms with E-state index >= 15 is 0 Å². The first-order valence-corrected chi connectivity index (χ1v) is 5.70. The van der Waals surface area contributed by atoms with Crippen molar-refractivity contribution < 1.29 is 4.79 Å². The van der Waals surface area contributed by atoms with Crippen molar-refractivity contribution >= 4 is 23.3 Å². The third-order valence-electron chi connectivity index (χ3n) is 1.93. The predicted molar refractivity (Wildman–Crippen MR) is 63.8 cm³/mol. The van der Waals surface area contributed by atoms with Crippen LogP contribution in [0.3, 0.4) is 0 Å². The molecule has 0 spiro atoms. The molecular weight excluding hydrogens is 222 g/mol. The molecule has 0 atom stereocenters. The number of imidazole rings is 1. The van der Waals surface area contributed by atoms with Crippen LogP contribution in [0.15, 0.2) is 36.0 Å². The number of thiophene rings is 1. The highest BCUT2D eigenvalue weighted by atomic mass is 32.1. The molecule has 0 aliphatic heterocycles. The van der Waals surface area contributed by atoms with Crippen LogP contribution in [-0.4, -0.2) is 15.9 Å². The van der Waals surface area contributed by atoms with Gasteiger partial charge in [-0.05, 0) is 17.5 Å². The molecule has 1 amide bonds. The van der Waals surface area contributed by atoms with Gasteiger partial charge in [0.1, 0.15) is 5.82 Å². The maximum Gasteiger partial charge on any atom is 0.244 e. The van der Waals surface area contributed by atoms with Crippen molar-refractivity contribution in [3.8, 4) is 0 Å². The number of nitrogens with one attached hydrogen (secondary N) is 2. The first-order valence-electron chi connectivity index (χ1n) is 4.82. The van der Waals surface area contributed by atoms with E-state index in [1.54, 1.807) is 29.8 Å². The molecule has 2 aromatic heterocycles. The molecule has 0 saturated carbocycles. The number of rotatable bonds is 4. The molecule has 0 aliphatic rings. The molecular formula is C11H11N3OS. The Hall–Kier alpha value is -1.88. The summed E-state index contributed by atoms with van der Waals surface area (Å²) in [6, 6.07) is 3.91. The van der Waals surface area contributed by atoms with E-state index in [1.165, 1.54) is 6.08 Å². The lowest BCUT2D eigenvalue weighted by Gasteiger charge is -1.97. The number of H-pyrrole nitrogens is 1. The normalized spacial score (nSPS) is 10.8. The Balaban J connectivity index is 1.81. The van der Waals surface area contributed by atoms with Crippen LogP contribution in [0, 0.1) is 0 Å². The zero-order valence-electron chi connectivity index (χ0n) is 8.51. The fourth-order valence-electron chi connectivity index (χ4n) is 1.17. The van der Waals surface area contributed by atoms with Crippen molar-refractivity contribution in [3.63, 3.8) is 0 Å². The molecule has 16 heavy (non-hydrogen) atoms. The van der Waals surface area contributed by atoms with Gasteiger partial charge in [0, 0.05) is 23.3 Å². The molecule has 4 nitrogen and oxygen atoms in total. The van der Waals surface area contributed by atoms with Crippen molar-refractivity contribution in [2.75, 3.05) is 0 Å². The smallest absolute Gasteiger partial charge is 0.244 e. The van der Waals surface area contributed by atoms with Gasteiger partial charge in [-0.2, -0.15) is 0 Å². The van der Waals surface area contributed by atoms with E-state index in [-0.39, 0.29) is 5.91 Å². The minimum absolute atomic E-state index is 0.121. The van der Waals surface area contributed by atoms with Crippen LogP contribution in [-0.2, 0) is 11.3 Å². The standard InChI is InChI=1S/C11H11N3OS/c15-11(4-3-9-2-1-7-16-9)14-8-10-12-5-6-13-10/h1-7H,8H2,(H,12,13)(H,14,15). The van der Waals surface area contributed by atoms with E-state index in [0.29, 0.717) is 6.54 Å². The second-order valence-corrected chi connectivity index (χ2v) is 4.08. The zero-order valence-corrected chi connectivity index (χ0v) is 9.33. The van der Waals surface area contributed by atoms with Crippen LogP contribution in [0.25, 0.3) is 6.08 Å². The summed E-state index contributed by atoms with van der Waals surface area (Å²) in [7, 11) is 0. The van der Waals surface area contributed by atoms with E-state index in [0.717, 1.165) is 10.7 Å². The number of carbonyl (C=O) groups is 1. The van der Waals surface area contributed by atoms with Crippen molar-refractivity contribution in [2.24, 2.45) is 0 Å². The van der Waals surface area contributed by atoms with Gasteiger partial charge in [-0.3, -0.25) is 4.79 Å². The molecule has 0 radical (unpaired) electrons. The molecule has 82 valence electrons. The number of aromatic amines is 1. The molecule has 0 aliphatic carbocycles. The molecule has 0 bridgehead atoms. The Morgan fingerprint density at radius 2 is 2.56 bits per heavy atom. The van der Waals surface area contributed by atoms with Gasteiger partial charge in [0.2, 0.25) is 5.91 Å². The van der Waals surface area contributed by atoms with Crippen molar-refractivity contribution in [1.29, 1.82) is 0 Å². The van der Waals surface area contributed by atoms with E-state index in [1.807, 2.05) is 17.5 Å². The van der Waals surface area contributed by atoms with Crippen LogP contribution >= 0.6 is 11.3 Å². The van der Waals surface area contributed by atoms with Gasteiger partial charge in [-0.25, -0.2) is 4.98 Å². The Bertz CT molecular complexity index is 459. The van der Waals surface area contributed by atoms with E-state index < -0.39 is 0 Å². The van der Waals surface area contributed by atoms with Gasteiger partial charge in [-0.1, -0.05) is 6.07 Å². The lowest BCUT2D eigenvalue weighted by atomic mass is 10.4.